The zero-order chi connectivity index (χ0) is 12.8. The molecule has 0 saturated carbocycles. The Kier molecular flexibility index (Phi) is 4.66. The SMILES string of the molecule is O=C(NCOc1ccc(Cl)cc1)N1CCNCC1. The molecule has 0 atom stereocenters. The van der Waals surface area contributed by atoms with Gasteiger partial charge in [0.05, 0.1) is 0 Å². The molecule has 1 saturated heterocycles. The van der Waals surface area contributed by atoms with Crippen LogP contribution in [-0.2, 0) is 0 Å². The molecule has 1 aromatic carbocycles. The number of nitrogens with one attached hydrogen (secondary N) is 2. The summed E-state index contributed by atoms with van der Waals surface area (Å²) in [5, 5.41) is 6.57. The molecule has 2 amide bonds. The van der Waals surface area contributed by atoms with Gasteiger partial charge in [-0.1, -0.05) is 11.6 Å². The van der Waals surface area contributed by atoms with Gasteiger partial charge in [-0.3, -0.25) is 0 Å². The van der Waals surface area contributed by atoms with E-state index in [9.17, 15) is 4.79 Å². The van der Waals surface area contributed by atoms with Crippen molar-refractivity contribution in [1.82, 2.24) is 15.5 Å². The highest BCUT2D eigenvalue weighted by atomic mass is 35.5. The fourth-order valence-corrected chi connectivity index (χ4v) is 1.82. The summed E-state index contributed by atoms with van der Waals surface area (Å²) in [6.07, 6.45) is 0. The minimum atomic E-state index is -0.0922. The number of carbonyl (C=O) groups is 1. The molecule has 0 bridgehead atoms. The van der Waals surface area contributed by atoms with Crippen LogP contribution in [0.3, 0.4) is 0 Å². The Hall–Kier alpha value is -1.46. The number of halogens is 1. The third kappa shape index (κ3) is 3.78. The van der Waals surface area contributed by atoms with Crippen LogP contribution in [0.5, 0.6) is 5.75 Å². The molecule has 1 aromatic rings. The van der Waals surface area contributed by atoms with Crippen molar-refractivity contribution in [2.24, 2.45) is 0 Å². The second-order valence-corrected chi connectivity index (χ2v) is 4.40. The third-order valence-corrected chi connectivity index (χ3v) is 2.93. The maximum absolute atomic E-state index is 11.7. The Balaban J connectivity index is 1.71. The third-order valence-electron chi connectivity index (χ3n) is 2.68. The molecular formula is C12H16ClN3O2. The van der Waals surface area contributed by atoms with Crippen LogP contribution in [0.1, 0.15) is 0 Å². The molecule has 6 heteroatoms. The molecule has 1 heterocycles. The Bertz CT molecular complexity index is 391. The highest BCUT2D eigenvalue weighted by Crippen LogP contribution is 2.14. The number of rotatable bonds is 3. The zero-order valence-corrected chi connectivity index (χ0v) is 10.7. The van der Waals surface area contributed by atoms with Gasteiger partial charge in [0.2, 0.25) is 0 Å². The molecule has 1 aliphatic heterocycles. The molecule has 2 rings (SSSR count). The highest BCUT2D eigenvalue weighted by molar-refractivity contribution is 6.30. The van der Waals surface area contributed by atoms with Gasteiger partial charge in [0.1, 0.15) is 5.75 Å². The molecule has 98 valence electrons. The van der Waals surface area contributed by atoms with Gasteiger partial charge in [-0.15, -0.1) is 0 Å². The summed E-state index contributed by atoms with van der Waals surface area (Å²) in [5.41, 5.74) is 0. The molecule has 18 heavy (non-hydrogen) atoms. The van der Waals surface area contributed by atoms with Crippen molar-refractivity contribution in [3.05, 3.63) is 29.3 Å². The molecule has 0 radical (unpaired) electrons. The molecule has 5 nitrogen and oxygen atoms in total. The first-order chi connectivity index (χ1) is 8.75. The van der Waals surface area contributed by atoms with E-state index in [-0.39, 0.29) is 12.8 Å². The first-order valence-corrected chi connectivity index (χ1v) is 6.25. The average molecular weight is 270 g/mol. The normalized spacial score (nSPS) is 15.3. The minimum Gasteiger partial charge on any atom is -0.473 e. The van der Waals surface area contributed by atoms with E-state index in [1.807, 2.05) is 0 Å². The number of urea groups is 1. The summed E-state index contributed by atoms with van der Waals surface area (Å²) in [5.74, 6) is 0.681. The number of amides is 2. The van der Waals surface area contributed by atoms with E-state index in [2.05, 4.69) is 10.6 Å². The molecule has 0 spiro atoms. The number of piperazine rings is 1. The molecule has 0 unspecified atom stereocenters. The summed E-state index contributed by atoms with van der Waals surface area (Å²) < 4.78 is 5.39. The van der Waals surface area contributed by atoms with Gasteiger partial charge in [0, 0.05) is 31.2 Å². The summed E-state index contributed by atoms with van der Waals surface area (Å²) >= 11 is 5.76. The number of hydrogen-bond donors (Lipinski definition) is 2. The van der Waals surface area contributed by atoms with E-state index in [1.165, 1.54) is 0 Å². The zero-order valence-electron chi connectivity index (χ0n) is 9.99. The Morgan fingerprint density at radius 2 is 2.00 bits per heavy atom. The van der Waals surface area contributed by atoms with E-state index < -0.39 is 0 Å². The predicted molar refractivity (Wildman–Crippen MR) is 69.9 cm³/mol. The maximum atomic E-state index is 11.7. The van der Waals surface area contributed by atoms with Gasteiger partial charge in [0.15, 0.2) is 6.73 Å². The predicted octanol–water partition coefficient (Wildman–Crippen LogP) is 1.29. The van der Waals surface area contributed by atoms with Crippen molar-refractivity contribution in [3.8, 4) is 5.75 Å². The number of nitrogens with zero attached hydrogens (tertiary/aromatic N) is 1. The van der Waals surface area contributed by atoms with Crippen LogP contribution in [0.25, 0.3) is 0 Å². The summed E-state index contributed by atoms with van der Waals surface area (Å²) in [4.78, 5) is 13.5. The van der Waals surface area contributed by atoms with Crippen molar-refractivity contribution in [2.45, 2.75) is 0 Å². The van der Waals surface area contributed by atoms with Crippen molar-refractivity contribution < 1.29 is 9.53 Å². The number of ether oxygens (including phenoxy) is 1. The van der Waals surface area contributed by atoms with Crippen molar-refractivity contribution in [3.63, 3.8) is 0 Å². The fourth-order valence-electron chi connectivity index (χ4n) is 1.69. The minimum absolute atomic E-state index is 0.0922. The summed E-state index contributed by atoms with van der Waals surface area (Å²) in [6.45, 7) is 3.29. The van der Waals surface area contributed by atoms with Crippen LogP contribution in [0.2, 0.25) is 5.02 Å². The standard InChI is InChI=1S/C12H16ClN3O2/c13-10-1-3-11(4-2-10)18-9-15-12(17)16-7-5-14-6-8-16/h1-4,14H,5-9H2,(H,15,17). The van der Waals surface area contributed by atoms with Gasteiger partial charge in [0.25, 0.3) is 0 Å². The second kappa shape index (κ2) is 6.47. The Labute approximate surface area is 111 Å². The van der Waals surface area contributed by atoms with Crippen LogP contribution < -0.4 is 15.4 Å². The van der Waals surface area contributed by atoms with E-state index in [0.29, 0.717) is 10.8 Å². The van der Waals surface area contributed by atoms with E-state index >= 15 is 0 Å². The molecule has 0 aromatic heterocycles. The maximum Gasteiger partial charge on any atom is 0.320 e. The molecule has 0 aliphatic carbocycles. The lowest BCUT2D eigenvalue weighted by atomic mass is 10.3. The van der Waals surface area contributed by atoms with Crippen LogP contribution >= 0.6 is 11.6 Å². The Morgan fingerprint density at radius 3 is 2.67 bits per heavy atom. The lowest BCUT2D eigenvalue weighted by Crippen LogP contribution is -2.50. The van der Waals surface area contributed by atoms with E-state index in [1.54, 1.807) is 29.2 Å². The van der Waals surface area contributed by atoms with E-state index in [0.717, 1.165) is 26.2 Å². The average Bonchev–Trinajstić information content (AvgIpc) is 2.42. The molecule has 1 fully saturated rings. The molecular weight excluding hydrogens is 254 g/mol. The number of carbonyl (C=O) groups excluding carboxylic acids is 1. The fraction of sp³-hybridized carbons (Fsp3) is 0.417. The summed E-state index contributed by atoms with van der Waals surface area (Å²) in [7, 11) is 0. The van der Waals surface area contributed by atoms with Crippen LogP contribution in [-0.4, -0.2) is 43.8 Å². The number of benzene rings is 1. The largest absolute Gasteiger partial charge is 0.473 e. The first-order valence-electron chi connectivity index (χ1n) is 5.87. The monoisotopic (exact) mass is 269 g/mol. The first kappa shape index (κ1) is 13.0. The molecule has 1 aliphatic rings. The van der Waals surface area contributed by atoms with Crippen LogP contribution in [0, 0.1) is 0 Å². The van der Waals surface area contributed by atoms with Crippen molar-refractivity contribution in [2.75, 3.05) is 32.9 Å². The van der Waals surface area contributed by atoms with Gasteiger partial charge in [-0.05, 0) is 24.3 Å². The smallest absolute Gasteiger partial charge is 0.320 e. The van der Waals surface area contributed by atoms with E-state index in [4.69, 9.17) is 16.3 Å². The van der Waals surface area contributed by atoms with Gasteiger partial charge in [-0.2, -0.15) is 0 Å². The van der Waals surface area contributed by atoms with Crippen LogP contribution in [0.15, 0.2) is 24.3 Å². The topological polar surface area (TPSA) is 53.6 Å². The van der Waals surface area contributed by atoms with Gasteiger partial charge in [-0.25, -0.2) is 4.79 Å². The lowest BCUT2D eigenvalue weighted by molar-refractivity contribution is 0.178. The lowest BCUT2D eigenvalue weighted by Gasteiger charge is -2.27. The van der Waals surface area contributed by atoms with Crippen molar-refractivity contribution >= 4 is 17.6 Å². The van der Waals surface area contributed by atoms with Gasteiger partial charge < -0.3 is 20.3 Å². The quantitative estimate of drug-likeness (QED) is 0.813. The van der Waals surface area contributed by atoms with Gasteiger partial charge >= 0.3 is 6.03 Å². The Morgan fingerprint density at radius 1 is 1.33 bits per heavy atom. The second-order valence-electron chi connectivity index (χ2n) is 3.96. The van der Waals surface area contributed by atoms with Crippen LogP contribution in [0.4, 0.5) is 4.79 Å². The number of hydrogen-bond acceptors (Lipinski definition) is 3. The highest BCUT2D eigenvalue weighted by Gasteiger charge is 2.15. The van der Waals surface area contributed by atoms with Crippen molar-refractivity contribution in [1.29, 1.82) is 0 Å². The molecule has 2 N–H and O–H groups in total. The summed E-state index contributed by atoms with van der Waals surface area (Å²) in [6, 6.07) is 6.92.